The first-order chi connectivity index (χ1) is 12.0. The van der Waals surface area contributed by atoms with Gasteiger partial charge in [0, 0.05) is 19.5 Å². The van der Waals surface area contributed by atoms with Crippen LogP contribution in [0.15, 0.2) is 24.3 Å². The van der Waals surface area contributed by atoms with Crippen LogP contribution in [0.2, 0.25) is 0 Å². The van der Waals surface area contributed by atoms with Crippen molar-refractivity contribution in [3.05, 3.63) is 35.4 Å². The van der Waals surface area contributed by atoms with Crippen LogP contribution in [0.3, 0.4) is 0 Å². The zero-order valence-corrected chi connectivity index (χ0v) is 14.5. The lowest BCUT2D eigenvalue weighted by molar-refractivity contribution is -0.125. The average Bonchev–Trinajstić information content (AvgIpc) is 2.87. The predicted octanol–water partition coefficient (Wildman–Crippen LogP) is 1.09. The topological polar surface area (TPSA) is 95.6 Å². The molecule has 2 N–H and O–H groups in total. The Balaban J connectivity index is 1.84. The summed E-state index contributed by atoms with van der Waals surface area (Å²) >= 11 is 0. The first kappa shape index (κ1) is 18.6. The number of unbranched alkanes of at least 4 members (excludes halogenated alkanes) is 1. The number of amides is 4. The summed E-state index contributed by atoms with van der Waals surface area (Å²) in [6.07, 6.45) is 2.24. The monoisotopic (exact) mass is 345 g/mol. The number of rotatable bonds is 8. The minimum Gasteiger partial charge on any atom is -0.354 e. The number of fused-ring (bicyclic) bond motifs is 1. The van der Waals surface area contributed by atoms with E-state index < -0.39 is 23.8 Å². The molecule has 7 heteroatoms. The van der Waals surface area contributed by atoms with Crippen molar-refractivity contribution in [3.63, 3.8) is 0 Å². The van der Waals surface area contributed by atoms with E-state index in [9.17, 15) is 19.2 Å². The van der Waals surface area contributed by atoms with Gasteiger partial charge in [-0.25, -0.2) is 0 Å². The van der Waals surface area contributed by atoms with Gasteiger partial charge in [-0.2, -0.15) is 0 Å². The molecule has 2 rings (SSSR count). The van der Waals surface area contributed by atoms with Gasteiger partial charge in [0.1, 0.15) is 6.04 Å². The van der Waals surface area contributed by atoms with Crippen LogP contribution in [-0.2, 0) is 9.59 Å². The summed E-state index contributed by atoms with van der Waals surface area (Å²) in [5.74, 6) is -1.41. The Morgan fingerprint density at radius 2 is 1.60 bits per heavy atom. The fraction of sp³-hybridized carbons (Fsp3) is 0.444. The highest BCUT2D eigenvalue weighted by Crippen LogP contribution is 2.24. The highest BCUT2D eigenvalue weighted by Gasteiger charge is 2.40. The van der Waals surface area contributed by atoms with Crippen molar-refractivity contribution in [1.29, 1.82) is 0 Å². The number of benzene rings is 1. The van der Waals surface area contributed by atoms with E-state index >= 15 is 0 Å². The van der Waals surface area contributed by atoms with Crippen molar-refractivity contribution in [2.75, 3.05) is 13.1 Å². The van der Waals surface area contributed by atoms with Gasteiger partial charge in [-0.1, -0.05) is 25.5 Å². The molecule has 1 aliphatic heterocycles. The Bertz CT molecular complexity index is 652. The van der Waals surface area contributed by atoms with Crippen LogP contribution < -0.4 is 10.6 Å². The van der Waals surface area contributed by atoms with Gasteiger partial charge in [-0.05, 0) is 25.5 Å². The number of hydrogen-bond acceptors (Lipinski definition) is 4. The quantitative estimate of drug-likeness (QED) is 0.545. The summed E-state index contributed by atoms with van der Waals surface area (Å²) in [7, 11) is 0. The van der Waals surface area contributed by atoms with Crippen LogP contribution in [0.25, 0.3) is 0 Å². The van der Waals surface area contributed by atoms with E-state index in [0.717, 1.165) is 17.7 Å². The summed E-state index contributed by atoms with van der Waals surface area (Å²) in [5.41, 5.74) is 0.630. The van der Waals surface area contributed by atoms with Crippen molar-refractivity contribution >= 4 is 23.6 Å². The third kappa shape index (κ3) is 4.23. The second kappa shape index (κ2) is 8.41. The summed E-state index contributed by atoms with van der Waals surface area (Å²) in [6, 6.07) is 5.60. The molecule has 0 aliphatic carbocycles. The molecule has 1 heterocycles. The molecule has 1 aromatic rings. The highest BCUT2D eigenvalue weighted by atomic mass is 16.2. The van der Waals surface area contributed by atoms with Gasteiger partial charge in [0.15, 0.2) is 0 Å². The van der Waals surface area contributed by atoms with Gasteiger partial charge < -0.3 is 10.6 Å². The van der Waals surface area contributed by atoms with Crippen LogP contribution >= 0.6 is 0 Å². The third-order valence-corrected chi connectivity index (χ3v) is 4.10. The minimum absolute atomic E-state index is 0.0514. The molecule has 1 unspecified atom stereocenters. The van der Waals surface area contributed by atoms with E-state index in [-0.39, 0.29) is 12.5 Å². The van der Waals surface area contributed by atoms with Crippen LogP contribution in [0.1, 0.15) is 53.8 Å². The maximum absolute atomic E-state index is 12.3. The molecule has 1 aromatic carbocycles. The number of nitrogens with zero attached hydrogens (tertiary/aromatic N) is 1. The lowest BCUT2D eigenvalue weighted by Crippen LogP contribution is -2.49. The first-order valence-corrected chi connectivity index (χ1v) is 8.48. The number of hydrogen-bond donors (Lipinski definition) is 2. The molecule has 25 heavy (non-hydrogen) atoms. The number of imide groups is 1. The number of nitrogens with one attached hydrogen (secondary N) is 2. The zero-order valence-electron chi connectivity index (χ0n) is 14.5. The largest absolute Gasteiger partial charge is 0.354 e. The Labute approximate surface area is 146 Å². The van der Waals surface area contributed by atoms with E-state index in [1.165, 1.54) is 6.92 Å². The van der Waals surface area contributed by atoms with E-state index in [1.54, 1.807) is 24.3 Å². The van der Waals surface area contributed by atoms with Crippen LogP contribution in [0.4, 0.5) is 0 Å². The second-order valence-electron chi connectivity index (χ2n) is 5.95. The fourth-order valence-electron chi connectivity index (χ4n) is 2.64. The van der Waals surface area contributed by atoms with E-state index in [0.29, 0.717) is 24.1 Å². The van der Waals surface area contributed by atoms with Crippen LogP contribution in [-0.4, -0.2) is 47.7 Å². The maximum Gasteiger partial charge on any atom is 0.262 e. The molecule has 0 radical (unpaired) electrons. The van der Waals surface area contributed by atoms with Gasteiger partial charge in [-0.3, -0.25) is 24.1 Å². The summed E-state index contributed by atoms with van der Waals surface area (Å²) in [5, 5.41) is 5.35. The van der Waals surface area contributed by atoms with Crippen molar-refractivity contribution in [2.45, 2.75) is 39.2 Å². The molecule has 134 valence electrons. The molecule has 0 aromatic heterocycles. The third-order valence-electron chi connectivity index (χ3n) is 4.10. The van der Waals surface area contributed by atoms with Gasteiger partial charge in [0.25, 0.3) is 11.8 Å². The smallest absolute Gasteiger partial charge is 0.262 e. The van der Waals surface area contributed by atoms with Crippen molar-refractivity contribution in [3.8, 4) is 0 Å². The van der Waals surface area contributed by atoms with Crippen molar-refractivity contribution in [1.82, 2.24) is 15.5 Å². The van der Waals surface area contributed by atoms with Crippen molar-refractivity contribution in [2.24, 2.45) is 0 Å². The highest BCUT2D eigenvalue weighted by molar-refractivity contribution is 6.22. The van der Waals surface area contributed by atoms with Gasteiger partial charge >= 0.3 is 0 Å². The number of carbonyl (C=O) groups is 4. The zero-order chi connectivity index (χ0) is 18.4. The molecule has 1 aliphatic rings. The Kier molecular flexibility index (Phi) is 6.27. The van der Waals surface area contributed by atoms with Crippen LogP contribution in [0, 0.1) is 0 Å². The van der Waals surface area contributed by atoms with Gasteiger partial charge in [0.2, 0.25) is 11.8 Å². The molecule has 0 saturated carbocycles. The Morgan fingerprint density at radius 1 is 1.04 bits per heavy atom. The maximum atomic E-state index is 12.3. The average molecular weight is 345 g/mol. The lowest BCUT2D eigenvalue weighted by Gasteiger charge is -2.21. The summed E-state index contributed by atoms with van der Waals surface area (Å²) in [4.78, 5) is 49.4. The molecule has 0 saturated heterocycles. The molecule has 0 spiro atoms. The standard InChI is InChI=1S/C18H23N3O4/c1-3-4-9-15(22)19-10-11-20-16(23)12(2)21-17(24)13-7-5-6-8-14(13)18(21)25/h5-8,12H,3-4,9-11H2,1-2H3,(H,19,22)(H,20,23). The molecule has 7 nitrogen and oxygen atoms in total. The van der Waals surface area contributed by atoms with E-state index in [2.05, 4.69) is 10.6 Å². The molecule has 4 amide bonds. The molecular formula is C18H23N3O4. The van der Waals surface area contributed by atoms with Gasteiger partial charge in [0.05, 0.1) is 11.1 Å². The summed E-state index contributed by atoms with van der Waals surface area (Å²) in [6.45, 7) is 4.07. The Morgan fingerprint density at radius 3 is 2.16 bits per heavy atom. The number of carbonyl (C=O) groups excluding carboxylic acids is 4. The van der Waals surface area contributed by atoms with E-state index in [4.69, 9.17) is 0 Å². The molecule has 0 fully saturated rings. The molecule has 0 bridgehead atoms. The Hall–Kier alpha value is -2.70. The van der Waals surface area contributed by atoms with Crippen molar-refractivity contribution < 1.29 is 19.2 Å². The SMILES string of the molecule is CCCCC(=O)NCCNC(=O)C(C)N1C(=O)c2ccccc2C1=O. The molecule has 1 atom stereocenters. The van der Waals surface area contributed by atoms with Gasteiger partial charge in [-0.15, -0.1) is 0 Å². The fourth-order valence-corrected chi connectivity index (χ4v) is 2.64. The minimum atomic E-state index is -0.914. The summed E-state index contributed by atoms with van der Waals surface area (Å²) < 4.78 is 0. The van der Waals surface area contributed by atoms with E-state index in [1.807, 2.05) is 6.92 Å². The second-order valence-corrected chi connectivity index (χ2v) is 5.95. The normalized spacial score (nSPS) is 14.2. The molecular weight excluding hydrogens is 322 g/mol. The van der Waals surface area contributed by atoms with Crippen LogP contribution in [0.5, 0.6) is 0 Å². The predicted molar refractivity (Wildman–Crippen MR) is 91.9 cm³/mol. The first-order valence-electron chi connectivity index (χ1n) is 8.48. The lowest BCUT2D eigenvalue weighted by atomic mass is 10.1.